The molecule has 3 rings (SSSR count). The molecule has 1 saturated heterocycles. The number of benzene rings is 1. The summed E-state index contributed by atoms with van der Waals surface area (Å²) in [6.07, 6.45) is 2.77. The van der Waals surface area contributed by atoms with Gasteiger partial charge in [0.2, 0.25) is 5.91 Å². The highest BCUT2D eigenvalue weighted by molar-refractivity contribution is 6.35. The molecule has 1 aromatic rings. The van der Waals surface area contributed by atoms with Gasteiger partial charge in [-0.25, -0.2) is 0 Å². The third-order valence-electron chi connectivity index (χ3n) is 4.65. The average Bonchev–Trinajstić information content (AvgIpc) is 3.44. The number of halogens is 2. The van der Waals surface area contributed by atoms with Crippen LogP contribution >= 0.6 is 23.2 Å². The van der Waals surface area contributed by atoms with E-state index in [0.29, 0.717) is 49.1 Å². The van der Waals surface area contributed by atoms with Gasteiger partial charge >= 0.3 is 11.8 Å². The summed E-state index contributed by atoms with van der Waals surface area (Å²) in [5.74, 6) is -1.02. The molecule has 8 heteroatoms. The highest BCUT2D eigenvalue weighted by Crippen LogP contribution is 2.22. The van der Waals surface area contributed by atoms with Gasteiger partial charge in [0, 0.05) is 48.7 Å². The van der Waals surface area contributed by atoms with Crippen molar-refractivity contribution in [2.75, 3.05) is 26.2 Å². The molecule has 2 fully saturated rings. The highest BCUT2D eigenvalue weighted by Gasteiger charge is 2.31. The van der Waals surface area contributed by atoms with Gasteiger partial charge in [-0.3, -0.25) is 14.4 Å². The number of carbonyl (C=O) groups excluding carboxylic acids is 3. The number of nitrogens with zero attached hydrogens (tertiary/aromatic N) is 2. The molecule has 1 N–H and O–H groups in total. The van der Waals surface area contributed by atoms with Gasteiger partial charge in [-0.2, -0.15) is 0 Å². The maximum Gasteiger partial charge on any atom is 0.312 e. The molecule has 6 nitrogen and oxygen atoms in total. The first kappa shape index (κ1) is 19.0. The molecule has 3 amide bonds. The van der Waals surface area contributed by atoms with Crippen molar-refractivity contribution in [1.29, 1.82) is 0 Å². The predicted molar refractivity (Wildman–Crippen MR) is 99.1 cm³/mol. The largest absolute Gasteiger partial charge is 0.345 e. The lowest BCUT2D eigenvalue weighted by Crippen LogP contribution is -2.54. The lowest BCUT2D eigenvalue weighted by Gasteiger charge is -2.34. The summed E-state index contributed by atoms with van der Waals surface area (Å²) in [5, 5.41) is 3.82. The molecule has 2 aliphatic rings. The Morgan fingerprint density at radius 3 is 2.31 bits per heavy atom. The Morgan fingerprint density at radius 2 is 1.69 bits per heavy atom. The minimum absolute atomic E-state index is 0.0190. The van der Waals surface area contributed by atoms with Crippen molar-refractivity contribution in [3.63, 3.8) is 0 Å². The van der Waals surface area contributed by atoms with Crippen LogP contribution in [-0.2, 0) is 20.8 Å². The van der Waals surface area contributed by atoms with Crippen molar-refractivity contribution < 1.29 is 14.4 Å². The number of piperazine rings is 1. The van der Waals surface area contributed by atoms with E-state index >= 15 is 0 Å². The average molecular weight is 398 g/mol. The van der Waals surface area contributed by atoms with Crippen LogP contribution in [0.2, 0.25) is 10.0 Å². The second-order valence-corrected chi connectivity index (χ2v) is 7.50. The standard InChI is InChI=1S/C18H21Cl2N3O3/c19-13-3-1-12(15(20)11-13)2-6-16(24)22-7-9-23(10-8-22)18(26)17(25)21-14-4-5-14/h1,3,11,14H,2,4-10H2,(H,21,25). The van der Waals surface area contributed by atoms with Crippen LogP contribution in [0.4, 0.5) is 0 Å². The molecule has 1 aliphatic heterocycles. The Hall–Kier alpha value is -1.79. The van der Waals surface area contributed by atoms with E-state index < -0.39 is 11.8 Å². The van der Waals surface area contributed by atoms with Gasteiger partial charge in [-0.15, -0.1) is 0 Å². The quantitative estimate of drug-likeness (QED) is 0.788. The Labute approximate surface area is 162 Å². The highest BCUT2D eigenvalue weighted by atomic mass is 35.5. The summed E-state index contributed by atoms with van der Waals surface area (Å²) in [6, 6.07) is 5.41. The first-order valence-electron chi connectivity index (χ1n) is 8.75. The number of amides is 3. The van der Waals surface area contributed by atoms with E-state index in [1.54, 1.807) is 17.0 Å². The first-order chi connectivity index (χ1) is 12.4. The fourth-order valence-electron chi connectivity index (χ4n) is 2.90. The molecular weight excluding hydrogens is 377 g/mol. The summed E-state index contributed by atoms with van der Waals surface area (Å²) in [7, 11) is 0. The monoisotopic (exact) mass is 397 g/mol. The van der Waals surface area contributed by atoms with Crippen molar-refractivity contribution in [2.24, 2.45) is 0 Å². The molecule has 0 aromatic heterocycles. The molecule has 1 aliphatic carbocycles. The van der Waals surface area contributed by atoms with Gasteiger partial charge in [-0.1, -0.05) is 29.3 Å². The number of rotatable bonds is 4. The van der Waals surface area contributed by atoms with E-state index in [1.165, 1.54) is 4.90 Å². The Morgan fingerprint density at radius 1 is 1.04 bits per heavy atom. The number of nitrogens with one attached hydrogen (secondary N) is 1. The van der Waals surface area contributed by atoms with Crippen LogP contribution in [0.5, 0.6) is 0 Å². The number of hydrogen-bond donors (Lipinski definition) is 1. The zero-order chi connectivity index (χ0) is 18.7. The van der Waals surface area contributed by atoms with E-state index in [4.69, 9.17) is 23.2 Å². The summed E-state index contributed by atoms with van der Waals surface area (Å²) >= 11 is 12.0. The summed E-state index contributed by atoms with van der Waals surface area (Å²) in [5.41, 5.74) is 0.884. The molecule has 1 heterocycles. The van der Waals surface area contributed by atoms with Crippen molar-refractivity contribution in [2.45, 2.75) is 31.7 Å². The molecule has 0 spiro atoms. The summed E-state index contributed by atoms with van der Waals surface area (Å²) in [6.45, 7) is 1.64. The number of hydrogen-bond acceptors (Lipinski definition) is 3. The fraction of sp³-hybridized carbons (Fsp3) is 0.500. The molecule has 1 aromatic carbocycles. The van der Waals surface area contributed by atoms with Crippen LogP contribution in [0.15, 0.2) is 18.2 Å². The van der Waals surface area contributed by atoms with Gasteiger partial charge in [0.1, 0.15) is 0 Å². The van der Waals surface area contributed by atoms with E-state index in [1.807, 2.05) is 6.07 Å². The van der Waals surface area contributed by atoms with Crippen molar-refractivity contribution in [1.82, 2.24) is 15.1 Å². The molecule has 0 bridgehead atoms. The second kappa shape index (κ2) is 8.27. The first-order valence-corrected chi connectivity index (χ1v) is 9.51. The molecule has 140 valence electrons. The number of carbonyl (C=O) groups is 3. The van der Waals surface area contributed by atoms with Crippen molar-refractivity contribution >= 4 is 40.9 Å². The minimum atomic E-state index is -0.537. The molecular formula is C18H21Cl2N3O3. The Bertz CT molecular complexity index is 714. The second-order valence-electron chi connectivity index (χ2n) is 6.66. The van der Waals surface area contributed by atoms with E-state index in [2.05, 4.69) is 5.32 Å². The molecule has 0 unspecified atom stereocenters. The van der Waals surface area contributed by atoms with Crippen LogP contribution in [-0.4, -0.2) is 59.7 Å². The van der Waals surface area contributed by atoms with Crippen LogP contribution in [0, 0.1) is 0 Å². The lowest BCUT2D eigenvalue weighted by atomic mass is 10.1. The van der Waals surface area contributed by atoms with Crippen LogP contribution in [0.25, 0.3) is 0 Å². The summed E-state index contributed by atoms with van der Waals surface area (Å²) in [4.78, 5) is 39.5. The molecule has 0 atom stereocenters. The zero-order valence-corrected chi connectivity index (χ0v) is 15.9. The van der Waals surface area contributed by atoms with Crippen molar-refractivity contribution in [3.8, 4) is 0 Å². The third kappa shape index (κ3) is 4.89. The van der Waals surface area contributed by atoms with E-state index in [9.17, 15) is 14.4 Å². The maximum absolute atomic E-state index is 12.4. The zero-order valence-electron chi connectivity index (χ0n) is 14.3. The normalized spacial score (nSPS) is 17.2. The van der Waals surface area contributed by atoms with Crippen LogP contribution in [0.3, 0.4) is 0 Å². The van der Waals surface area contributed by atoms with E-state index in [0.717, 1.165) is 18.4 Å². The van der Waals surface area contributed by atoms with Crippen LogP contribution < -0.4 is 5.32 Å². The topological polar surface area (TPSA) is 69.7 Å². The maximum atomic E-state index is 12.4. The van der Waals surface area contributed by atoms with Crippen LogP contribution in [0.1, 0.15) is 24.8 Å². The minimum Gasteiger partial charge on any atom is -0.345 e. The Balaban J connectivity index is 1.44. The lowest BCUT2D eigenvalue weighted by molar-refractivity contribution is -0.148. The molecule has 26 heavy (non-hydrogen) atoms. The van der Waals surface area contributed by atoms with Gasteiger partial charge in [0.05, 0.1) is 0 Å². The van der Waals surface area contributed by atoms with Gasteiger partial charge in [-0.05, 0) is 37.0 Å². The Kier molecular flexibility index (Phi) is 6.04. The third-order valence-corrected chi connectivity index (χ3v) is 5.24. The number of aryl methyl sites for hydroxylation is 1. The SMILES string of the molecule is O=C(NC1CC1)C(=O)N1CCN(C(=O)CCc2ccc(Cl)cc2Cl)CC1. The fourth-order valence-corrected chi connectivity index (χ4v) is 3.40. The predicted octanol–water partition coefficient (Wildman–Crippen LogP) is 1.88. The molecule has 1 saturated carbocycles. The van der Waals surface area contributed by atoms with Gasteiger partial charge in [0.15, 0.2) is 0 Å². The van der Waals surface area contributed by atoms with Crippen molar-refractivity contribution in [3.05, 3.63) is 33.8 Å². The van der Waals surface area contributed by atoms with Gasteiger partial charge in [0.25, 0.3) is 0 Å². The smallest absolute Gasteiger partial charge is 0.312 e. The molecule has 0 radical (unpaired) electrons. The summed E-state index contributed by atoms with van der Waals surface area (Å²) < 4.78 is 0. The van der Waals surface area contributed by atoms with E-state index in [-0.39, 0.29) is 11.9 Å². The van der Waals surface area contributed by atoms with Gasteiger partial charge < -0.3 is 15.1 Å².